The van der Waals surface area contributed by atoms with Crippen molar-refractivity contribution in [2.75, 3.05) is 11.6 Å². The van der Waals surface area contributed by atoms with Crippen molar-refractivity contribution in [1.82, 2.24) is 5.01 Å². The van der Waals surface area contributed by atoms with Crippen molar-refractivity contribution in [1.29, 1.82) is 0 Å². The maximum Gasteiger partial charge on any atom is 0.325 e. The summed E-state index contributed by atoms with van der Waals surface area (Å²) in [5.74, 6) is -2.14. The zero-order valence-corrected chi connectivity index (χ0v) is 15.9. The first-order valence-corrected chi connectivity index (χ1v) is 8.63. The van der Waals surface area contributed by atoms with Gasteiger partial charge in [-0.3, -0.25) is 14.4 Å². The lowest BCUT2D eigenvalue weighted by Gasteiger charge is -2.14. The highest BCUT2D eigenvalue weighted by molar-refractivity contribution is 6.18. The first-order valence-electron chi connectivity index (χ1n) is 8.63. The lowest BCUT2D eigenvalue weighted by molar-refractivity contribution is -0.143. The van der Waals surface area contributed by atoms with Gasteiger partial charge in [0.2, 0.25) is 0 Å². The van der Waals surface area contributed by atoms with Crippen molar-refractivity contribution in [3.63, 3.8) is 0 Å². The summed E-state index contributed by atoms with van der Waals surface area (Å²) in [7, 11) is 0. The molecule has 0 radical (unpaired) electrons. The van der Waals surface area contributed by atoms with Gasteiger partial charge < -0.3 is 5.11 Å². The van der Waals surface area contributed by atoms with Crippen LogP contribution in [0.4, 0.5) is 5.69 Å². The highest BCUT2D eigenvalue weighted by Crippen LogP contribution is 2.25. The second kappa shape index (κ2) is 7.29. The third-order valence-electron chi connectivity index (χ3n) is 4.58. The van der Waals surface area contributed by atoms with Gasteiger partial charge in [-0.05, 0) is 51.0 Å². The average molecular weight is 384 g/mol. The lowest BCUT2D eigenvalue weighted by atomic mass is 10.1. The standard InChI is InChI=1S/C18H20N6O4/c1-9-5-6-13(7-10(9)2)24-18(28)16(12(4)22-24)20-19-15-11(3)21-23(17(15)27)8-14(25)26/h5-7,15-16H,8H2,1-4H3,(H,25,26)/b20-19+. The molecule has 2 aliphatic rings. The van der Waals surface area contributed by atoms with Crippen LogP contribution in [0.1, 0.15) is 25.0 Å². The van der Waals surface area contributed by atoms with Crippen molar-refractivity contribution in [2.24, 2.45) is 20.4 Å². The molecule has 0 aliphatic carbocycles. The molecule has 0 fully saturated rings. The predicted molar refractivity (Wildman–Crippen MR) is 101 cm³/mol. The molecule has 1 aromatic rings. The summed E-state index contributed by atoms with van der Waals surface area (Å²) in [6.45, 7) is 6.60. The van der Waals surface area contributed by atoms with Crippen LogP contribution in [-0.2, 0) is 14.4 Å². The van der Waals surface area contributed by atoms with Gasteiger partial charge in [0.05, 0.1) is 17.1 Å². The summed E-state index contributed by atoms with van der Waals surface area (Å²) in [5, 5.41) is 27.1. The Hall–Kier alpha value is -3.43. The molecule has 10 nitrogen and oxygen atoms in total. The molecule has 2 atom stereocenters. The van der Waals surface area contributed by atoms with E-state index in [-0.39, 0.29) is 5.91 Å². The molecule has 146 valence electrons. The Bertz CT molecular complexity index is 951. The maximum absolute atomic E-state index is 12.7. The molecule has 0 saturated heterocycles. The van der Waals surface area contributed by atoms with Crippen LogP contribution in [0.15, 0.2) is 38.6 Å². The van der Waals surface area contributed by atoms with Crippen LogP contribution in [0.3, 0.4) is 0 Å². The van der Waals surface area contributed by atoms with Crippen molar-refractivity contribution < 1.29 is 19.5 Å². The molecule has 10 heteroatoms. The molecule has 2 amide bonds. The van der Waals surface area contributed by atoms with Crippen LogP contribution in [0.2, 0.25) is 0 Å². The van der Waals surface area contributed by atoms with Crippen molar-refractivity contribution in [2.45, 2.75) is 39.8 Å². The van der Waals surface area contributed by atoms with Crippen LogP contribution in [0, 0.1) is 13.8 Å². The first kappa shape index (κ1) is 19.3. The van der Waals surface area contributed by atoms with Gasteiger partial charge in [0.1, 0.15) is 6.54 Å². The Balaban J connectivity index is 1.76. The van der Waals surface area contributed by atoms with Crippen LogP contribution in [0.25, 0.3) is 0 Å². The van der Waals surface area contributed by atoms with E-state index in [4.69, 9.17) is 5.11 Å². The summed E-state index contributed by atoms with van der Waals surface area (Å²) in [6.07, 6.45) is 0. The molecule has 0 bridgehead atoms. The number of hydrazone groups is 2. The zero-order chi connectivity index (χ0) is 20.6. The number of carbonyl (C=O) groups excluding carboxylic acids is 2. The van der Waals surface area contributed by atoms with Crippen molar-refractivity contribution in [3.8, 4) is 0 Å². The molecule has 1 aromatic carbocycles. The molecule has 2 heterocycles. The summed E-state index contributed by atoms with van der Waals surface area (Å²) >= 11 is 0. The SMILES string of the molecule is CC1=NN(CC(=O)O)C(=O)C1/N=N/C1C(=O)N(c2ccc(C)c(C)c2)N=C1C. The van der Waals surface area contributed by atoms with Gasteiger partial charge >= 0.3 is 5.97 Å². The van der Waals surface area contributed by atoms with E-state index in [9.17, 15) is 14.4 Å². The van der Waals surface area contributed by atoms with E-state index in [2.05, 4.69) is 20.4 Å². The minimum absolute atomic E-state index is 0.320. The second-order valence-electron chi connectivity index (χ2n) is 6.73. The van der Waals surface area contributed by atoms with E-state index in [1.54, 1.807) is 19.9 Å². The fraction of sp³-hybridized carbons (Fsp3) is 0.389. The van der Waals surface area contributed by atoms with Gasteiger partial charge in [-0.25, -0.2) is 5.01 Å². The highest BCUT2D eigenvalue weighted by Gasteiger charge is 2.38. The summed E-state index contributed by atoms with van der Waals surface area (Å²) in [5.41, 5.74) is 3.54. The van der Waals surface area contributed by atoms with E-state index in [1.165, 1.54) is 5.01 Å². The number of amides is 2. The summed E-state index contributed by atoms with van der Waals surface area (Å²) in [4.78, 5) is 35.8. The number of hydrogen-bond donors (Lipinski definition) is 1. The number of carboxylic acid groups (broad SMARTS) is 1. The zero-order valence-electron chi connectivity index (χ0n) is 15.9. The van der Waals surface area contributed by atoms with E-state index in [0.29, 0.717) is 17.1 Å². The van der Waals surface area contributed by atoms with E-state index in [1.807, 2.05) is 26.0 Å². The monoisotopic (exact) mass is 384 g/mol. The number of aliphatic carboxylic acids is 1. The smallest absolute Gasteiger partial charge is 0.325 e. The average Bonchev–Trinajstić information content (AvgIpc) is 3.04. The molecule has 2 unspecified atom stereocenters. The molecule has 28 heavy (non-hydrogen) atoms. The normalized spacial score (nSPS) is 22.3. The number of benzene rings is 1. The lowest BCUT2D eigenvalue weighted by Crippen LogP contribution is -2.34. The maximum atomic E-state index is 12.7. The number of aryl methyl sites for hydroxylation is 2. The van der Waals surface area contributed by atoms with Crippen molar-refractivity contribution in [3.05, 3.63) is 29.3 Å². The Labute approximate surface area is 161 Å². The minimum Gasteiger partial charge on any atom is -0.480 e. The quantitative estimate of drug-likeness (QED) is 0.772. The number of nitrogens with zero attached hydrogens (tertiary/aromatic N) is 6. The second-order valence-corrected chi connectivity index (χ2v) is 6.73. The van der Waals surface area contributed by atoms with Gasteiger partial charge in [-0.1, -0.05) is 6.07 Å². The van der Waals surface area contributed by atoms with Gasteiger partial charge in [-0.15, -0.1) is 0 Å². The number of azo groups is 1. The largest absolute Gasteiger partial charge is 0.480 e. The molecule has 0 saturated carbocycles. The van der Waals surface area contributed by atoms with Crippen LogP contribution in [-0.4, -0.2) is 58.0 Å². The number of hydrogen-bond acceptors (Lipinski definition) is 7. The molecule has 0 aromatic heterocycles. The summed E-state index contributed by atoms with van der Waals surface area (Å²) in [6, 6.07) is 3.61. The molecular formula is C18H20N6O4. The Kier molecular flexibility index (Phi) is 5.04. The third-order valence-corrected chi connectivity index (χ3v) is 4.58. The van der Waals surface area contributed by atoms with E-state index < -0.39 is 30.5 Å². The Morgan fingerprint density at radius 3 is 2.21 bits per heavy atom. The Morgan fingerprint density at radius 1 is 1.00 bits per heavy atom. The van der Waals surface area contributed by atoms with Gasteiger partial charge in [0.25, 0.3) is 11.8 Å². The molecule has 3 rings (SSSR count). The van der Waals surface area contributed by atoms with Gasteiger partial charge in [0, 0.05) is 0 Å². The predicted octanol–water partition coefficient (Wildman–Crippen LogP) is 1.52. The summed E-state index contributed by atoms with van der Waals surface area (Å²) < 4.78 is 0. The molecule has 2 aliphatic heterocycles. The number of carboxylic acids is 1. The molecule has 1 N–H and O–H groups in total. The minimum atomic E-state index is -1.18. The van der Waals surface area contributed by atoms with E-state index in [0.717, 1.165) is 16.1 Å². The molecular weight excluding hydrogens is 364 g/mol. The highest BCUT2D eigenvalue weighted by atomic mass is 16.4. The van der Waals surface area contributed by atoms with Crippen LogP contribution >= 0.6 is 0 Å². The number of rotatable bonds is 5. The third kappa shape index (κ3) is 3.53. The topological polar surface area (TPSA) is 127 Å². The molecule has 0 spiro atoms. The van der Waals surface area contributed by atoms with Crippen molar-refractivity contribution >= 4 is 34.9 Å². The van der Waals surface area contributed by atoms with Crippen LogP contribution in [0.5, 0.6) is 0 Å². The number of anilines is 1. The number of carbonyl (C=O) groups is 3. The fourth-order valence-corrected chi connectivity index (χ4v) is 2.85. The van der Waals surface area contributed by atoms with E-state index >= 15 is 0 Å². The Morgan fingerprint density at radius 2 is 1.61 bits per heavy atom. The van der Waals surface area contributed by atoms with Crippen LogP contribution < -0.4 is 5.01 Å². The van der Waals surface area contributed by atoms with Gasteiger partial charge in [0.15, 0.2) is 12.1 Å². The van der Waals surface area contributed by atoms with Gasteiger partial charge in [-0.2, -0.15) is 25.4 Å². The fourth-order valence-electron chi connectivity index (χ4n) is 2.85. The first-order chi connectivity index (χ1) is 13.2.